The van der Waals surface area contributed by atoms with Gasteiger partial charge in [0.05, 0.1) is 12.0 Å². The molecule has 0 fully saturated rings. The Hall–Kier alpha value is -3.20. The van der Waals surface area contributed by atoms with Crippen molar-refractivity contribution in [1.29, 1.82) is 5.26 Å². The molecule has 0 bridgehead atoms. The predicted molar refractivity (Wildman–Crippen MR) is 113 cm³/mol. The maximum absolute atomic E-state index is 12.6. The first-order valence-corrected chi connectivity index (χ1v) is 10.0. The fraction of sp³-hybridized carbons (Fsp3) is 0.391. The Balaban J connectivity index is 2.36. The zero-order chi connectivity index (χ0) is 21.2. The maximum Gasteiger partial charge on any atom is 0.285 e. The molecule has 2 amide bonds. The van der Waals surface area contributed by atoms with Crippen molar-refractivity contribution in [2.24, 2.45) is 5.73 Å². The zero-order valence-electron chi connectivity index (χ0n) is 16.7. The van der Waals surface area contributed by atoms with E-state index in [1.165, 1.54) is 0 Å². The number of carbonyl (C=O) groups excluding carboxylic acids is 3. The maximum atomic E-state index is 12.6. The van der Waals surface area contributed by atoms with Crippen molar-refractivity contribution in [3.05, 3.63) is 42.0 Å². The first kappa shape index (κ1) is 22.1. The minimum atomic E-state index is -0.931. The van der Waals surface area contributed by atoms with Crippen LogP contribution in [-0.2, 0) is 14.4 Å². The lowest BCUT2D eigenvalue weighted by atomic mass is 9.85. The number of nitrogens with zero attached hydrogens (tertiary/aromatic N) is 1. The molecule has 0 saturated heterocycles. The number of ketones is 1. The molecular formula is C23H27N3O3. The summed E-state index contributed by atoms with van der Waals surface area (Å²) in [5.74, 6) is -2.53. The third-order valence-electron chi connectivity index (χ3n) is 4.97. The second kappa shape index (κ2) is 11.0. The van der Waals surface area contributed by atoms with Crippen LogP contribution in [0.15, 0.2) is 36.4 Å². The van der Waals surface area contributed by atoms with E-state index in [0.29, 0.717) is 12.1 Å². The van der Waals surface area contributed by atoms with Gasteiger partial charge in [-0.05, 0) is 34.9 Å². The average molecular weight is 393 g/mol. The van der Waals surface area contributed by atoms with Crippen molar-refractivity contribution in [2.45, 2.75) is 57.8 Å². The second-order valence-electron chi connectivity index (χ2n) is 7.15. The summed E-state index contributed by atoms with van der Waals surface area (Å²) >= 11 is 0. The summed E-state index contributed by atoms with van der Waals surface area (Å²) in [6, 6.07) is 12.8. The van der Waals surface area contributed by atoms with Gasteiger partial charge < -0.3 is 11.1 Å². The molecule has 2 rings (SSSR count). The van der Waals surface area contributed by atoms with Gasteiger partial charge in [-0.15, -0.1) is 0 Å². The van der Waals surface area contributed by atoms with Gasteiger partial charge in [-0.3, -0.25) is 14.4 Å². The van der Waals surface area contributed by atoms with Gasteiger partial charge in [-0.2, -0.15) is 5.26 Å². The molecule has 1 unspecified atom stereocenters. The number of primary amides is 1. The number of hydrogen-bond acceptors (Lipinski definition) is 4. The average Bonchev–Trinajstić information content (AvgIpc) is 2.70. The number of carbonyl (C=O) groups is 3. The van der Waals surface area contributed by atoms with Crippen molar-refractivity contribution in [3.63, 3.8) is 0 Å². The van der Waals surface area contributed by atoms with Crippen LogP contribution in [0.25, 0.3) is 10.8 Å². The van der Waals surface area contributed by atoms with Crippen molar-refractivity contribution < 1.29 is 14.4 Å². The van der Waals surface area contributed by atoms with Crippen LogP contribution in [0, 0.1) is 11.3 Å². The monoisotopic (exact) mass is 393 g/mol. The molecule has 1 atom stereocenters. The predicted octanol–water partition coefficient (Wildman–Crippen LogP) is 4.19. The number of Topliss-reactive ketones (excluding diaryl/α,β-unsaturated/α-hetero) is 1. The molecule has 0 aliphatic rings. The molecule has 6 nitrogen and oxygen atoms in total. The fourth-order valence-corrected chi connectivity index (χ4v) is 3.51. The second-order valence-corrected chi connectivity index (χ2v) is 7.15. The van der Waals surface area contributed by atoms with Gasteiger partial charge in [-0.25, -0.2) is 0 Å². The topological polar surface area (TPSA) is 113 Å². The highest BCUT2D eigenvalue weighted by Gasteiger charge is 2.26. The highest BCUT2D eigenvalue weighted by atomic mass is 16.2. The Bertz CT molecular complexity index is 931. The molecule has 6 heteroatoms. The normalized spacial score (nSPS) is 11.6. The molecule has 0 aliphatic heterocycles. The number of hydrogen-bond donors (Lipinski definition) is 2. The van der Waals surface area contributed by atoms with Crippen LogP contribution in [0.5, 0.6) is 0 Å². The molecule has 2 aromatic carbocycles. The Labute approximate surface area is 171 Å². The first-order valence-electron chi connectivity index (χ1n) is 10.0. The van der Waals surface area contributed by atoms with Crippen LogP contribution < -0.4 is 11.1 Å². The van der Waals surface area contributed by atoms with Gasteiger partial charge in [0.15, 0.2) is 0 Å². The molecular weight excluding hydrogens is 366 g/mol. The summed E-state index contributed by atoms with van der Waals surface area (Å²) in [5, 5.41) is 13.0. The van der Waals surface area contributed by atoms with E-state index in [-0.39, 0.29) is 6.42 Å². The Morgan fingerprint density at radius 3 is 2.55 bits per heavy atom. The fourth-order valence-electron chi connectivity index (χ4n) is 3.51. The van der Waals surface area contributed by atoms with E-state index in [1.807, 2.05) is 30.3 Å². The van der Waals surface area contributed by atoms with Crippen molar-refractivity contribution in [2.75, 3.05) is 5.32 Å². The molecule has 0 aromatic heterocycles. The van der Waals surface area contributed by atoms with Gasteiger partial charge in [0.25, 0.3) is 5.91 Å². The van der Waals surface area contributed by atoms with Crippen LogP contribution in [0.1, 0.15) is 63.4 Å². The van der Waals surface area contributed by atoms with Gasteiger partial charge >= 0.3 is 0 Å². The Kier molecular flexibility index (Phi) is 8.35. The lowest BCUT2D eigenvalue weighted by molar-refractivity contribution is -0.137. The van der Waals surface area contributed by atoms with E-state index in [4.69, 9.17) is 11.0 Å². The van der Waals surface area contributed by atoms with Crippen LogP contribution >= 0.6 is 0 Å². The van der Waals surface area contributed by atoms with E-state index in [1.54, 1.807) is 12.1 Å². The molecule has 0 radical (unpaired) electrons. The summed E-state index contributed by atoms with van der Waals surface area (Å²) in [4.78, 5) is 36.0. The van der Waals surface area contributed by atoms with Crippen LogP contribution in [-0.4, -0.2) is 17.6 Å². The molecule has 152 valence electrons. The quantitative estimate of drug-likeness (QED) is 0.440. The molecule has 29 heavy (non-hydrogen) atoms. The molecule has 3 N–H and O–H groups in total. The van der Waals surface area contributed by atoms with E-state index in [2.05, 4.69) is 12.2 Å². The number of rotatable bonds is 11. The van der Waals surface area contributed by atoms with Crippen molar-refractivity contribution in [3.8, 4) is 6.07 Å². The highest BCUT2D eigenvalue weighted by Crippen LogP contribution is 2.32. The standard InChI is InChI=1S/C23H27N3O3/c1-2-3-4-5-6-9-19(22(28)23(25)29)18-10-7-8-16-11-12-17(15-20(16)18)26-21(27)13-14-24/h7-8,10-12,15,19H,2-6,9,13H2,1H3,(H2,25,29)(H,26,27). The summed E-state index contributed by atoms with van der Waals surface area (Å²) in [6.45, 7) is 2.14. The summed E-state index contributed by atoms with van der Waals surface area (Å²) < 4.78 is 0. The molecule has 0 spiro atoms. The molecule has 0 aliphatic carbocycles. The summed E-state index contributed by atoms with van der Waals surface area (Å²) in [6.07, 6.45) is 5.52. The third-order valence-corrected chi connectivity index (χ3v) is 4.97. The molecule has 0 heterocycles. The summed E-state index contributed by atoms with van der Waals surface area (Å²) in [5.41, 5.74) is 6.60. The molecule has 2 aromatic rings. The Morgan fingerprint density at radius 2 is 1.86 bits per heavy atom. The zero-order valence-corrected chi connectivity index (χ0v) is 16.7. The lowest BCUT2D eigenvalue weighted by Gasteiger charge is -2.18. The number of nitrogens with two attached hydrogens (primary N) is 1. The van der Waals surface area contributed by atoms with Gasteiger partial charge in [0.1, 0.15) is 6.42 Å². The van der Waals surface area contributed by atoms with Crippen molar-refractivity contribution in [1.82, 2.24) is 0 Å². The number of fused-ring (bicyclic) bond motifs is 1. The van der Waals surface area contributed by atoms with E-state index >= 15 is 0 Å². The van der Waals surface area contributed by atoms with Crippen LogP contribution in [0.4, 0.5) is 5.69 Å². The van der Waals surface area contributed by atoms with E-state index in [0.717, 1.165) is 48.4 Å². The number of amides is 2. The van der Waals surface area contributed by atoms with Crippen molar-refractivity contribution >= 4 is 34.1 Å². The number of nitrogens with one attached hydrogen (secondary N) is 1. The number of benzene rings is 2. The van der Waals surface area contributed by atoms with Gasteiger partial charge in [0, 0.05) is 5.69 Å². The van der Waals surface area contributed by atoms with Crippen LogP contribution in [0.3, 0.4) is 0 Å². The highest BCUT2D eigenvalue weighted by molar-refractivity contribution is 6.38. The van der Waals surface area contributed by atoms with E-state index in [9.17, 15) is 14.4 Å². The summed E-state index contributed by atoms with van der Waals surface area (Å²) in [7, 11) is 0. The Morgan fingerprint density at radius 1 is 1.10 bits per heavy atom. The lowest BCUT2D eigenvalue weighted by Crippen LogP contribution is -2.29. The number of nitriles is 1. The van der Waals surface area contributed by atoms with Gasteiger partial charge in [-0.1, -0.05) is 63.3 Å². The first-order chi connectivity index (χ1) is 14.0. The largest absolute Gasteiger partial charge is 0.363 e. The number of unbranched alkanes of at least 4 members (excludes halogenated alkanes) is 4. The number of anilines is 1. The third kappa shape index (κ3) is 6.15. The minimum absolute atomic E-state index is 0.236. The molecule has 0 saturated carbocycles. The van der Waals surface area contributed by atoms with E-state index < -0.39 is 23.5 Å². The smallest absolute Gasteiger partial charge is 0.285 e. The SMILES string of the molecule is CCCCCCCC(C(=O)C(N)=O)c1cccc2ccc(NC(=O)CC#N)cc12. The van der Waals surface area contributed by atoms with Crippen LogP contribution in [0.2, 0.25) is 0 Å². The van der Waals surface area contributed by atoms with Gasteiger partial charge in [0.2, 0.25) is 11.7 Å². The minimum Gasteiger partial charge on any atom is -0.363 e.